The summed E-state index contributed by atoms with van der Waals surface area (Å²) in [7, 11) is 0. The van der Waals surface area contributed by atoms with Crippen LogP contribution in [0.15, 0.2) is 48.8 Å². The molecule has 0 atom stereocenters. The molecular weight excluding hydrogens is 326 g/mol. The minimum Gasteiger partial charge on any atom is -0.352 e. The number of nitrogens with zero attached hydrogens (tertiary/aromatic N) is 1. The monoisotopic (exact) mass is 351 g/mol. The van der Waals surface area contributed by atoms with Crippen LogP contribution in [0.25, 0.3) is 0 Å². The molecule has 0 bridgehead atoms. The summed E-state index contributed by atoms with van der Waals surface area (Å²) >= 11 is 0. The smallest absolute Gasteiger partial charge is 0.227 e. The van der Waals surface area contributed by atoms with Gasteiger partial charge in [0.2, 0.25) is 11.8 Å². The molecule has 2 amide bonds. The summed E-state index contributed by atoms with van der Waals surface area (Å²) in [6.45, 7) is 2.49. The van der Waals surface area contributed by atoms with Crippen molar-refractivity contribution in [2.45, 2.75) is 39.2 Å². The molecule has 0 spiro atoms. The molecule has 0 radical (unpaired) electrons. The van der Waals surface area contributed by atoms with Gasteiger partial charge in [-0.25, -0.2) is 0 Å². The molecule has 1 fully saturated rings. The number of hydrogen-bond donors (Lipinski definition) is 2. The Bertz CT molecular complexity index is 753. The van der Waals surface area contributed by atoms with Crippen molar-refractivity contribution in [3.8, 4) is 0 Å². The highest BCUT2D eigenvalue weighted by Gasteiger charge is 2.30. The van der Waals surface area contributed by atoms with Crippen molar-refractivity contribution in [1.29, 1.82) is 0 Å². The number of amides is 2. The summed E-state index contributed by atoms with van der Waals surface area (Å²) in [5.74, 6) is 0.117. The third kappa shape index (κ3) is 4.69. The molecule has 1 saturated carbocycles. The summed E-state index contributed by atoms with van der Waals surface area (Å²) < 4.78 is 0. The second-order valence-electron chi connectivity index (χ2n) is 6.93. The van der Waals surface area contributed by atoms with Crippen molar-refractivity contribution in [1.82, 2.24) is 10.3 Å². The lowest BCUT2D eigenvalue weighted by Gasteiger charge is -2.27. The number of para-hydroxylation sites is 1. The largest absolute Gasteiger partial charge is 0.352 e. The van der Waals surface area contributed by atoms with Crippen molar-refractivity contribution in [2.24, 2.45) is 11.8 Å². The number of benzene rings is 1. The van der Waals surface area contributed by atoms with E-state index in [9.17, 15) is 9.59 Å². The fourth-order valence-electron chi connectivity index (χ4n) is 3.40. The Hall–Kier alpha value is -2.69. The van der Waals surface area contributed by atoms with E-state index in [2.05, 4.69) is 15.6 Å². The fourth-order valence-corrected chi connectivity index (χ4v) is 3.40. The summed E-state index contributed by atoms with van der Waals surface area (Å²) in [6, 6.07) is 11.6. The summed E-state index contributed by atoms with van der Waals surface area (Å²) in [4.78, 5) is 28.9. The lowest BCUT2D eigenvalue weighted by molar-refractivity contribution is -0.128. The van der Waals surface area contributed by atoms with E-state index >= 15 is 0 Å². The van der Waals surface area contributed by atoms with Crippen LogP contribution in [0.3, 0.4) is 0 Å². The molecule has 3 rings (SSSR count). The van der Waals surface area contributed by atoms with Crippen LogP contribution in [0.4, 0.5) is 5.69 Å². The van der Waals surface area contributed by atoms with Crippen molar-refractivity contribution in [2.75, 3.05) is 5.32 Å². The van der Waals surface area contributed by atoms with Crippen molar-refractivity contribution >= 4 is 17.5 Å². The van der Waals surface area contributed by atoms with E-state index in [1.165, 1.54) is 0 Å². The molecule has 0 saturated heterocycles. The van der Waals surface area contributed by atoms with E-state index in [0.717, 1.165) is 42.5 Å². The molecule has 1 aromatic carbocycles. The Labute approximate surface area is 154 Å². The molecule has 5 nitrogen and oxygen atoms in total. The van der Waals surface area contributed by atoms with Crippen LogP contribution >= 0.6 is 0 Å². The van der Waals surface area contributed by atoms with Crippen LogP contribution in [0.2, 0.25) is 0 Å². The Morgan fingerprint density at radius 3 is 2.35 bits per heavy atom. The SMILES string of the molecule is Cc1ccccc1NC(=O)C1CCC(C(=O)NCc2cccnc2)CC1. The van der Waals surface area contributed by atoms with Crippen LogP contribution in [0.1, 0.15) is 36.8 Å². The number of nitrogens with one attached hydrogen (secondary N) is 2. The number of aromatic nitrogens is 1. The van der Waals surface area contributed by atoms with Gasteiger partial charge in [0, 0.05) is 36.5 Å². The maximum Gasteiger partial charge on any atom is 0.227 e. The van der Waals surface area contributed by atoms with Gasteiger partial charge in [-0.05, 0) is 55.9 Å². The van der Waals surface area contributed by atoms with Crippen LogP contribution in [-0.2, 0) is 16.1 Å². The van der Waals surface area contributed by atoms with Gasteiger partial charge in [0.1, 0.15) is 0 Å². The van der Waals surface area contributed by atoms with Gasteiger partial charge in [0.25, 0.3) is 0 Å². The minimum atomic E-state index is -0.0167. The highest BCUT2D eigenvalue weighted by molar-refractivity contribution is 5.93. The van der Waals surface area contributed by atoms with Crippen molar-refractivity contribution in [3.05, 3.63) is 59.9 Å². The third-order valence-corrected chi connectivity index (χ3v) is 5.06. The van der Waals surface area contributed by atoms with Crippen molar-refractivity contribution < 1.29 is 9.59 Å². The number of carbonyl (C=O) groups excluding carboxylic acids is 2. The Morgan fingerprint density at radius 1 is 1.00 bits per heavy atom. The normalized spacial score (nSPS) is 19.6. The molecule has 0 aliphatic heterocycles. The average molecular weight is 351 g/mol. The predicted molar refractivity (Wildman–Crippen MR) is 101 cm³/mol. The summed E-state index contributed by atoms with van der Waals surface area (Å²) in [6.07, 6.45) is 6.49. The molecule has 1 heterocycles. The van der Waals surface area contributed by atoms with Crippen LogP contribution < -0.4 is 10.6 Å². The number of pyridine rings is 1. The van der Waals surface area contributed by atoms with Gasteiger partial charge >= 0.3 is 0 Å². The van der Waals surface area contributed by atoms with E-state index in [1.54, 1.807) is 12.4 Å². The minimum absolute atomic E-state index is 0.00539. The first kappa shape index (κ1) is 18.1. The fraction of sp³-hybridized carbons (Fsp3) is 0.381. The van der Waals surface area contributed by atoms with Gasteiger partial charge in [-0.2, -0.15) is 0 Å². The van der Waals surface area contributed by atoms with Gasteiger partial charge in [0.15, 0.2) is 0 Å². The standard InChI is InChI=1S/C21H25N3O2/c1-15-5-2-3-7-19(15)24-21(26)18-10-8-17(9-11-18)20(25)23-14-16-6-4-12-22-13-16/h2-7,12-13,17-18H,8-11,14H2,1H3,(H,23,25)(H,24,26). The van der Waals surface area contributed by atoms with E-state index in [0.29, 0.717) is 6.54 Å². The van der Waals surface area contributed by atoms with Gasteiger partial charge in [-0.3, -0.25) is 14.6 Å². The second-order valence-corrected chi connectivity index (χ2v) is 6.93. The predicted octanol–water partition coefficient (Wildman–Crippen LogP) is 3.45. The molecule has 1 aliphatic carbocycles. The van der Waals surface area contributed by atoms with Crippen LogP contribution in [-0.4, -0.2) is 16.8 Å². The maximum absolute atomic E-state index is 12.5. The lowest BCUT2D eigenvalue weighted by atomic mass is 9.81. The molecule has 0 unspecified atom stereocenters. The van der Waals surface area contributed by atoms with Crippen LogP contribution in [0.5, 0.6) is 0 Å². The first-order valence-electron chi connectivity index (χ1n) is 9.16. The average Bonchev–Trinajstić information content (AvgIpc) is 2.69. The highest BCUT2D eigenvalue weighted by atomic mass is 16.2. The van der Waals surface area contributed by atoms with E-state index in [1.807, 2.05) is 43.3 Å². The number of hydrogen-bond acceptors (Lipinski definition) is 3. The summed E-state index contributed by atoms with van der Waals surface area (Å²) in [5, 5.41) is 6.00. The third-order valence-electron chi connectivity index (χ3n) is 5.06. The number of anilines is 1. The molecule has 1 aliphatic rings. The van der Waals surface area contributed by atoms with Gasteiger partial charge in [-0.1, -0.05) is 24.3 Å². The van der Waals surface area contributed by atoms with E-state index < -0.39 is 0 Å². The Balaban J connectivity index is 1.45. The van der Waals surface area contributed by atoms with E-state index in [-0.39, 0.29) is 23.7 Å². The topological polar surface area (TPSA) is 71.1 Å². The maximum atomic E-state index is 12.5. The second kappa shape index (κ2) is 8.61. The zero-order valence-corrected chi connectivity index (χ0v) is 15.1. The molecule has 26 heavy (non-hydrogen) atoms. The van der Waals surface area contributed by atoms with E-state index in [4.69, 9.17) is 0 Å². The molecule has 2 N–H and O–H groups in total. The Kier molecular flexibility index (Phi) is 6.00. The molecule has 5 heteroatoms. The number of rotatable bonds is 5. The lowest BCUT2D eigenvalue weighted by Crippen LogP contribution is -2.35. The molecule has 2 aromatic rings. The number of carbonyl (C=O) groups is 2. The zero-order valence-electron chi connectivity index (χ0n) is 15.1. The molecule has 1 aromatic heterocycles. The van der Waals surface area contributed by atoms with Crippen molar-refractivity contribution in [3.63, 3.8) is 0 Å². The first-order chi connectivity index (χ1) is 12.6. The first-order valence-corrected chi connectivity index (χ1v) is 9.16. The van der Waals surface area contributed by atoms with Crippen LogP contribution in [0, 0.1) is 18.8 Å². The number of aryl methyl sites for hydroxylation is 1. The molecular formula is C21H25N3O2. The quantitative estimate of drug-likeness (QED) is 0.867. The van der Waals surface area contributed by atoms with Gasteiger partial charge in [-0.15, -0.1) is 0 Å². The Morgan fingerprint density at radius 2 is 1.69 bits per heavy atom. The molecule has 136 valence electrons. The van der Waals surface area contributed by atoms with Gasteiger partial charge in [0.05, 0.1) is 0 Å². The zero-order chi connectivity index (χ0) is 18.4. The highest BCUT2D eigenvalue weighted by Crippen LogP contribution is 2.30. The van der Waals surface area contributed by atoms with Gasteiger partial charge < -0.3 is 10.6 Å². The summed E-state index contributed by atoms with van der Waals surface area (Å²) in [5.41, 5.74) is 2.92.